The van der Waals surface area contributed by atoms with Gasteiger partial charge in [-0.3, -0.25) is 0 Å². The molecular formula is C21H23ClN4O. The zero-order chi connectivity index (χ0) is 19.3. The molecule has 27 heavy (non-hydrogen) atoms. The molecule has 0 radical (unpaired) electrons. The normalized spacial score (nSPS) is 11.1. The molecule has 0 saturated heterocycles. The third kappa shape index (κ3) is 6.15. The van der Waals surface area contributed by atoms with Crippen LogP contribution >= 0.6 is 11.6 Å². The molecule has 0 bridgehead atoms. The van der Waals surface area contributed by atoms with Crippen molar-refractivity contribution in [3.05, 3.63) is 71.4 Å². The van der Waals surface area contributed by atoms with Crippen LogP contribution in [0.3, 0.4) is 0 Å². The summed E-state index contributed by atoms with van der Waals surface area (Å²) in [4.78, 5) is 8.75. The van der Waals surface area contributed by atoms with Gasteiger partial charge < -0.3 is 15.4 Å². The smallest absolute Gasteiger partial charge is 0.229 e. The van der Waals surface area contributed by atoms with Crippen molar-refractivity contribution < 1.29 is 4.74 Å². The molecule has 0 aliphatic carbocycles. The lowest BCUT2D eigenvalue weighted by molar-refractivity contribution is 0.306. The predicted molar refractivity (Wildman–Crippen MR) is 111 cm³/mol. The molecule has 1 aromatic heterocycles. The van der Waals surface area contributed by atoms with E-state index >= 15 is 0 Å². The summed E-state index contributed by atoms with van der Waals surface area (Å²) in [7, 11) is 0. The maximum Gasteiger partial charge on any atom is 0.229 e. The largest absolute Gasteiger partial charge is 0.489 e. The minimum Gasteiger partial charge on any atom is -0.489 e. The van der Waals surface area contributed by atoms with Gasteiger partial charge in [0.25, 0.3) is 0 Å². The number of benzene rings is 2. The lowest BCUT2D eigenvalue weighted by Crippen LogP contribution is -2.26. The summed E-state index contributed by atoms with van der Waals surface area (Å²) in [5.41, 5.74) is 1.90. The quantitative estimate of drug-likeness (QED) is 0.575. The molecule has 0 amide bonds. The van der Waals surface area contributed by atoms with Gasteiger partial charge in [-0.15, -0.1) is 0 Å². The lowest BCUT2D eigenvalue weighted by atomic mass is 10.1. The van der Waals surface area contributed by atoms with Crippen LogP contribution in [0.4, 0.5) is 17.5 Å². The average Bonchev–Trinajstić information content (AvgIpc) is 2.61. The molecule has 0 spiro atoms. The van der Waals surface area contributed by atoms with E-state index in [-0.39, 0.29) is 5.54 Å². The Kier molecular flexibility index (Phi) is 5.81. The maximum atomic E-state index is 5.89. The maximum absolute atomic E-state index is 5.89. The van der Waals surface area contributed by atoms with Gasteiger partial charge in [0.1, 0.15) is 18.2 Å². The van der Waals surface area contributed by atoms with Crippen LogP contribution in [0.25, 0.3) is 0 Å². The first kappa shape index (κ1) is 19.0. The van der Waals surface area contributed by atoms with Crippen molar-refractivity contribution >= 4 is 29.1 Å². The summed E-state index contributed by atoms with van der Waals surface area (Å²) in [6, 6.07) is 17.2. The van der Waals surface area contributed by atoms with Gasteiger partial charge in [-0.1, -0.05) is 23.7 Å². The van der Waals surface area contributed by atoms with Crippen molar-refractivity contribution in [2.75, 3.05) is 10.6 Å². The number of anilines is 3. The van der Waals surface area contributed by atoms with E-state index in [1.165, 1.54) is 0 Å². The van der Waals surface area contributed by atoms with Crippen LogP contribution in [0, 0.1) is 0 Å². The first-order valence-corrected chi connectivity index (χ1v) is 9.11. The Hall–Kier alpha value is -2.79. The van der Waals surface area contributed by atoms with Gasteiger partial charge in [-0.25, -0.2) is 4.98 Å². The topological polar surface area (TPSA) is 59.1 Å². The summed E-state index contributed by atoms with van der Waals surface area (Å²) in [5, 5.41) is 7.26. The third-order valence-corrected chi connectivity index (χ3v) is 3.84. The first-order chi connectivity index (χ1) is 12.9. The predicted octanol–water partition coefficient (Wildman–Crippen LogP) is 5.66. The van der Waals surface area contributed by atoms with E-state index in [9.17, 15) is 0 Å². The fourth-order valence-corrected chi connectivity index (χ4v) is 2.51. The molecular weight excluding hydrogens is 360 g/mol. The van der Waals surface area contributed by atoms with Crippen molar-refractivity contribution in [3.63, 3.8) is 0 Å². The van der Waals surface area contributed by atoms with Gasteiger partial charge in [0.05, 0.1) is 0 Å². The van der Waals surface area contributed by atoms with Crippen LogP contribution in [0.15, 0.2) is 60.8 Å². The summed E-state index contributed by atoms with van der Waals surface area (Å²) in [6.45, 7) is 6.76. The number of hydrogen-bond acceptors (Lipinski definition) is 5. The Morgan fingerprint density at radius 3 is 2.33 bits per heavy atom. The van der Waals surface area contributed by atoms with Gasteiger partial charge in [0, 0.05) is 22.4 Å². The van der Waals surface area contributed by atoms with Gasteiger partial charge in [0.2, 0.25) is 5.95 Å². The minimum atomic E-state index is -0.0608. The molecule has 3 aromatic rings. The molecule has 2 aromatic carbocycles. The highest BCUT2D eigenvalue weighted by Gasteiger charge is 2.10. The Morgan fingerprint density at radius 1 is 0.963 bits per heavy atom. The van der Waals surface area contributed by atoms with E-state index in [0.29, 0.717) is 12.6 Å². The number of rotatable bonds is 6. The fraction of sp³-hybridized carbons (Fsp3) is 0.238. The van der Waals surface area contributed by atoms with E-state index in [1.54, 1.807) is 6.20 Å². The first-order valence-electron chi connectivity index (χ1n) is 8.73. The van der Waals surface area contributed by atoms with Crippen LogP contribution in [0.5, 0.6) is 5.75 Å². The summed E-state index contributed by atoms with van der Waals surface area (Å²) in [5.74, 6) is 2.11. The average molecular weight is 383 g/mol. The van der Waals surface area contributed by atoms with Crippen LogP contribution in [0.2, 0.25) is 5.02 Å². The van der Waals surface area contributed by atoms with Crippen molar-refractivity contribution in [2.45, 2.75) is 32.9 Å². The molecule has 0 unspecified atom stereocenters. The van der Waals surface area contributed by atoms with E-state index in [0.717, 1.165) is 27.8 Å². The molecule has 2 N–H and O–H groups in total. The Labute approximate surface area is 164 Å². The van der Waals surface area contributed by atoms with Gasteiger partial charge >= 0.3 is 0 Å². The number of halogens is 1. The summed E-state index contributed by atoms with van der Waals surface area (Å²) >= 11 is 5.89. The molecule has 0 aliphatic rings. The molecule has 3 rings (SSSR count). The molecule has 140 valence electrons. The monoisotopic (exact) mass is 382 g/mol. The highest BCUT2D eigenvalue weighted by molar-refractivity contribution is 6.30. The van der Waals surface area contributed by atoms with Crippen molar-refractivity contribution in [1.82, 2.24) is 9.97 Å². The Bertz CT molecular complexity index is 874. The molecule has 6 heteroatoms. The molecule has 0 atom stereocenters. The number of nitrogens with one attached hydrogen (secondary N) is 2. The van der Waals surface area contributed by atoms with Gasteiger partial charge in [-0.05, 0) is 68.8 Å². The second kappa shape index (κ2) is 8.27. The zero-order valence-corrected chi connectivity index (χ0v) is 16.4. The molecule has 0 aliphatic heterocycles. The van der Waals surface area contributed by atoms with Crippen LogP contribution in [0.1, 0.15) is 26.3 Å². The molecule has 0 fully saturated rings. The summed E-state index contributed by atoms with van der Waals surface area (Å²) in [6.07, 6.45) is 1.73. The highest BCUT2D eigenvalue weighted by Crippen LogP contribution is 2.21. The van der Waals surface area contributed by atoms with E-state index in [1.807, 2.05) is 54.6 Å². The summed E-state index contributed by atoms with van der Waals surface area (Å²) < 4.78 is 5.80. The zero-order valence-electron chi connectivity index (χ0n) is 15.7. The van der Waals surface area contributed by atoms with Crippen molar-refractivity contribution in [2.24, 2.45) is 0 Å². The fourth-order valence-electron chi connectivity index (χ4n) is 2.38. The molecule has 1 heterocycles. The Balaban J connectivity index is 1.59. The number of nitrogens with zero attached hydrogens (tertiary/aromatic N) is 2. The second-order valence-corrected chi connectivity index (χ2v) is 7.64. The number of ether oxygens (including phenoxy) is 1. The van der Waals surface area contributed by atoms with Crippen LogP contribution < -0.4 is 15.4 Å². The van der Waals surface area contributed by atoms with E-state index in [4.69, 9.17) is 16.3 Å². The number of hydrogen-bond donors (Lipinski definition) is 2. The molecule has 0 saturated carbocycles. The standard InChI is InChI=1S/C21H23ClN4O/c1-21(2,3)26-19-12-13-23-20(25-19)24-17-8-10-18(11-9-17)27-14-15-4-6-16(22)7-5-15/h4-13H,14H2,1-3H3,(H2,23,24,25,26). The van der Waals surface area contributed by atoms with E-state index in [2.05, 4.69) is 41.4 Å². The lowest BCUT2D eigenvalue weighted by Gasteiger charge is -2.21. The van der Waals surface area contributed by atoms with Crippen molar-refractivity contribution in [3.8, 4) is 5.75 Å². The number of aromatic nitrogens is 2. The van der Waals surface area contributed by atoms with E-state index < -0.39 is 0 Å². The van der Waals surface area contributed by atoms with Crippen LogP contribution in [-0.2, 0) is 6.61 Å². The van der Waals surface area contributed by atoms with Gasteiger partial charge in [-0.2, -0.15) is 4.98 Å². The Morgan fingerprint density at radius 2 is 1.67 bits per heavy atom. The highest BCUT2D eigenvalue weighted by atomic mass is 35.5. The molecule has 5 nitrogen and oxygen atoms in total. The SMILES string of the molecule is CC(C)(C)Nc1ccnc(Nc2ccc(OCc3ccc(Cl)cc3)cc2)n1. The second-order valence-electron chi connectivity index (χ2n) is 7.21. The van der Waals surface area contributed by atoms with Crippen molar-refractivity contribution in [1.29, 1.82) is 0 Å². The minimum absolute atomic E-state index is 0.0608. The van der Waals surface area contributed by atoms with Gasteiger partial charge in [0.15, 0.2) is 0 Å². The van der Waals surface area contributed by atoms with Crippen LogP contribution in [-0.4, -0.2) is 15.5 Å². The third-order valence-electron chi connectivity index (χ3n) is 3.59.